The van der Waals surface area contributed by atoms with E-state index in [2.05, 4.69) is 34.9 Å². The number of amides is 3. The van der Waals surface area contributed by atoms with E-state index in [0.717, 1.165) is 39.6 Å². The summed E-state index contributed by atoms with van der Waals surface area (Å²) < 4.78 is 0. The van der Waals surface area contributed by atoms with Crippen LogP contribution in [0.4, 0.5) is 5.69 Å². The molecule has 3 amide bonds. The summed E-state index contributed by atoms with van der Waals surface area (Å²) in [5, 5.41) is 16.3. The van der Waals surface area contributed by atoms with E-state index in [1.54, 1.807) is 11.0 Å². The lowest BCUT2D eigenvalue weighted by atomic mass is 9.95. The van der Waals surface area contributed by atoms with Gasteiger partial charge in [0.15, 0.2) is 0 Å². The average molecular weight is 444 g/mol. The van der Waals surface area contributed by atoms with Crippen molar-refractivity contribution in [3.05, 3.63) is 76.9 Å². The summed E-state index contributed by atoms with van der Waals surface area (Å²) in [7, 11) is 0. The second-order valence-corrected chi connectivity index (χ2v) is 8.51. The van der Waals surface area contributed by atoms with Crippen LogP contribution >= 0.6 is 0 Å². The molecule has 2 aliphatic rings. The van der Waals surface area contributed by atoms with Crippen molar-refractivity contribution >= 4 is 34.2 Å². The van der Waals surface area contributed by atoms with Crippen molar-refractivity contribution in [3.63, 3.8) is 0 Å². The highest BCUT2D eigenvalue weighted by Crippen LogP contribution is 2.41. The number of carbonyl (C=O) groups excluding carboxylic acids is 3. The third-order valence-electron chi connectivity index (χ3n) is 6.37. The minimum Gasteiger partial charge on any atom is -0.395 e. The van der Waals surface area contributed by atoms with Crippen molar-refractivity contribution in [1.29, 1.82) is 0 Å². The Morgan fingerprint density at radius 3 is 2.55 bits per heavy atom. The summed E-state index contributed by atoms with van der Waals surface area (Å²) in [4.78, 5) is 38.9. The van der Waals surface area contributed by atoms with Gasteiger partial charge in [0.25, 0.3) is 5.91 Å². The van der Waals surface area contributed by atoms with Crippen LogP contribution in [-0.4, -0.2) is 42.0 Å². The Morgan fingerprint density at radius 2 is 1.79 bits per heavy atom. The van der Waals surface area contributed by atoms with Crippen LogP contribution in [0, 0.1) is 0 Å². The third-order valence-corrected chi connectivity index (χ3v) is 6.37. The van der Waals surface area contributed by atoms with Gasteiger partial charge in [-0.05, 0) is 47.1 Å². The molecule has 2 aliphatic heterocycles. The fourth-order valence-electron chi connectivity index (χ4n) is 4.77. The van der Waals surface area contributed by atoms with Crippen molar-refractivity contribution in [1.82, 2.24) is 10.6 Å². The second-order valence-electron chi connectivity index (χ2n) is 8.51. The molecule has 0 saturated carbocycles. The lowest BCUT2D eigenvalue weighted by Gasteiger charge is -2.30. The lowest BCUT2D eigenvalue weighted by molar-refractivity contribution is -0.134. The molecule has 0 aliphatic carbocycles. The Balaban J connectivity index is 1.45. The topological polar surface area (TPSA) is 98.7 Å². The van der Waals surface area contributed by atoms with Crippen LogP contribution in [-0.2, 0) is 22.6 Å². The Hall–Kier alpha value is -3.55. The molecule has 2 heterocycles. The number of hydrogen-bond donors (Lipinski definition) is 3. The molecular weight excluding hydrogens is 418 g/mol. The highest BCUT2D eigenvalue weighted by molar-refractivity contribution is 6.27. The van der Waals surface area contributed by atoms with Gasteiger partial charge in [-0.1, -0.05) is 42.5 Å². The van der Waals surface area contributed by atoms with Crippen LogP contribution in [0.3, 0.4) is 0 Å². The second kappa shape index (κ2) is 8.77. The maximum atomic E-state index is 13.3. The first-order valence-corrected chi connectivity index (χ1v) is 11.2. The number of anilines is 1. The van der Waals surface area contributed by atoms with Gasteiger partial charge in [0.1, 0.15) is 6.04 Å². The number of aliphatic hydroxyl groups excluding tert-OH is 1. The van der Waals surface area contributed by atoms with Gasteiger partial charge in [-0.3, -0.25) is 24.6 Å². The van der Waals surface area contributed by atoms with Crippen LogP contribution < -0.4 is 15.5 Å². The van der Waals surface area contributed by atoms with Gasteiger partial charge in [0.2, 0.25) is 11.8 Å². The van der Waals surface area contributed by atoms with Gasteiger partial charge in [-0.15, -0.1) is 0 Å². The van der Waals surface area contributed by atoms with Crippen LogP contribution in [0.15, 0.2) is 54.6 Å². The quantitative estimate of drug-likeness (QED) is 0.384. The molecule has 33 heavy (non-hydrogen) atoms. The summed E-state index contributed by atoms with van der Waals surface area (Å²) >= 11 is 0. The normalized spacial score (nSPS) is 17.7. The van der Waals surface area contributed by atoms with Gasteiger partial charge in [0, 0.05) is 30.5 Å². The molecule has 1 atom stereocenters. The first-order valence-electron chi connectivity index (χ1n) is 11.2. The molecule has 1 fully saturated rings. The van der Waals surface area contributed by atoms with E-state index in [1.807, 2.05) is 24.3 Å². The predicted octanol–water partition coefficient (Wildman–Crippen LogP) is 2.28. The summed E-state index contributed by atoms with van der Waals surface area (Å²) in [6.45, 7) is 1.39. The minimum absolute atomic E-state index is 0.118. The molecule has 1 saturated heterocycles. The number of imide groups is 1. The van der Waals surface area contributed by atoms with Crippen LogP contribution in [0.5, 0.6) is 0 Å². The average Bonchev–Trinajstić information content (AvgIpc) is 3.10. The monoisotopic (exact) mass is 443 g/mol. The maximum absolute atomic E-state index is 13.3. The maximum Gasteiger partial charge on any atom is 0.259 e. The molecule has 168 valence electrons. The van der Waals surface area contributed by atoms with E-state index < -0.39 is 11.9 Å². The Labute approximate surface area is 191 Å². The SMILES string of the molecule is O=C1CCC(N2C(=O)c3cccc4c(Cc5ccc(CNCCO)cc5)ccc2c34)C(=O)N1. The molecule has 7 heteroatoms. The van der Waals surface area contributed by atoms with Gasteiger partial charge in [0.05, 0.1) is 12.3 Å². The smallest absolute Gasteiger partial charge is 0.259 e. The highest BCUT2D eigenvalue weighted by Gasteiger charge is 2.40. The van der Waals surface area contributed by atoms with Crippen LogP contribution in [0.1, 0.15) is 39.9 Å². The Morgan fingerprint density at radius 1 is 1.00 bits per heavy atom. The van der Waals surface area contributed by atoms with Crippen molar-refractivity contribution in [2.75, 3.05) is 18.1 Å². The zero-order chi connectivity index (χ0) is 22.9. The summed E-state index contributed by atoms with van der Waals surface area (Å²) in [6.07, 6.45) is 1.27. The molecule has 0 bridgehead atoms. The Kier molecular flexibility index (Phi) is 5.66. The molecule has 3 aromatic rings. The predicted molar refractivity (Wildman–Crippen MR) is 125 cm³/mol. The molecule has 3 N–H and O–H groups in total. The fourth-order valence-corrected chi connectivity index (χ4v) is 4.77. The fraction of sp³-hybridized carbons (Fsp3) is 0.269. The third kappa shape index (κ3) is 3.90. The molecule has 7 nitrogen and oxygen atoms in total. The van der Waals surface area contributed by atoms with Gasteiger partial charge in [-0.2, -0.15) is 0 Å². The highest BCUT2D eigenvalue weighted by atomic mass is 16.3. The van der Waals surface area contributed by atoms with E-state index in [0.29, 0.717) is 25.1 Å². The summed E-state index contributed by atoms with van der Waals surface area (Å²) in [5.74, 6) is -0.906. The molecule has 0 spiro atoms. The molecule has 1 unspecified atom stereocenters. The van der Waals surface area contributed by atoms with Crippen molar-refractivity contribution in [3.8, 4) is 0 Å². The lowest BCUT2D eigenvalue weighted by Crippen LogP contribution is -2.53. The van der Waals surface area contributed by atoms with E-state index >= 15 is 0 Å². The van der Waals surface area contributed by atoms with Crippen LogP contribution in [0.25, 0.3) is 10.8 Å². The molecule has 0 aromatic heterocycles. The molecule has 0 radical (unpaired) electrons. The minimum atomic E-state index is -0.677. The number of aliphatic hydroxyl groups is 1. The molecule has 3 aromatic carbocycles. The molecule has 5 rings (SSSR count). The van der Waals surface area contributed by atoms with Crippen molar-refractivity contribution in [2.45, 2.75) is 31.8 Å². The summed E-state index contributed by atoms with van der Waals surface area (Å²) in [5.41, 5.74) is 4.75. The number of hydrogen-bond acceptors (Lipinski definition) is 5. The number of carbonyl (C=O) groups is 3. The summed E-state index contributed by atoms with van der Waals surface area (Å²) in [6, 6.07) is 17.3. The standard InChI is InChI=1S/C26H25N3O4/c30-13-12-27-15-17-6-4-16(5-7-17)14-18-8-9-21-24-19(18)2-1-3-20(24)26(33)29(21)22-10-11-23(31)28-25(22)32/h1-9,22,27,30H,10-15H2,(H,28,31,32). The van der Waals surface area contributed by atoms with E-state index in [-0.39, 0.29) is 24.8 Å². The number of nitrogens with zero attached hydrogens (tertiary/aromatic N) is 1. The van der Waals surface area contributed by atoms with Crippen LogP contribution in [0.2, 0.25) is 0 Å². The largest absolute Gasteiger partial charge is 0.395 e. The number of rotatable bonds is 7. The van der Waals surface area contributed by atoms with Gasteiger partial charge < -0.3 is 10.4 Å². The van der Waals surface area contributed by atoms with Gasteiger partial charge in [-0.25, -0.2) is 0 Å². The van der Waals surface area contributed by atoms with Crippen molar-refractivity contribution in [2.24, 2.45) is 0 Å². The number of benzene rings is 3. The Bertz CT molecular complexity index is 1250. The zero-order valence-corrected chi connectivity index (χ0v) is 18.1. The first kappa shape index (κ1) is 21.3. The van der Waals surface area contributed by atoms with Crippen molar-refractivity contribution < 1.29 is 19.5 Å². The zero-order valence-electron chi connectivity index (χ0n) is 18.1. The molecular formula is C26H25N3O4. The van der Waals surface area contributed by atoms with E-state index in [4.69, 9.17) is 5.11 Å². The van der Waals surface area contributed by atoms with E-state index in [1.165, 1.54) is 0 Å². The first-order chi connectivity index (χ1) is 16.1. The number of nitrogens with one attached hydrogen (secondary N) is 2. The van der Waals surface area contributed by atoms with Gasteiger partial charge >= 0.3 is 0 Å². The number of piperidine rings is 1. The van der Waals surface area contributed by atoms with E-state index in [9.17, 15) is 14.4 Å².